The number of hydrogen-bond donors (Lipinski definition) is 2. The zero-order valence-electron chi connectivity index (χ0n) is 18.7. The highest BCUT2D eigenvalue weighted by Crippen LogP contribution is 2.29. The van der Waals surface area contributed by atoms with Crippen molar-refractivity contribution in [3.05, 3.63) is 54.1 Å². The molecule has 168 valence electrons. The van der Waals surface area contributed by atoms with Crippen LogP contribution in [0.2, 0.25) is 0 Å². The second kappa shape index (κ2) is 9.98. The molecular weight excluding hydrogens is 416 g/mol. The molecule has 0 radical (unpaired) electrons. The van der Waals surface area contributed by atoms with Crippen molar-refractivity contribution in [1.29, 1.82) is 0 Å². The van der Waals surface area contributed by atoms with Gasteiger partial charge in [-0.15, -0.1) is 0 Å². The summed E-state index contributed by atoms with van der Waals surface area (Å²) in [5, 5.41) is 2.68. The Bertz CT molecular complexity index is 1050. The van der Waals surface area contributed by atoms with Crippen LogP contribution in [0.4, 0.5) is 5.69 Å². The summed E-state index contributed by atoms with van der Waals surface area (Å²) in [6, 6.07) is 11.5. The van der Waals surface area contributed by atoms with E-state index in [4.69, 9.17) is 9.47 Å². The van der Waals surface area contributed by atoms with E-state index in [2.05, 4.69) is 10.0 Å². The highest BCUT2D eigenvalue weighted by Gasteiger charge is 2.22. The summed E-state index contributed by atoms with van der Waals surface area (Å²) in [6.45, 7) is 9.14. The standard InChI is InChI=1S/C23H30N2O5S/c1-16(2)30-20-12-10-17(14-21(20)29-6)11-13-22(26)24-18-8-7-9-19(15-18)31(27,28)25-23(3,4)5/h7-16,25H,1-6H3,(H,24,26)/b13-11+. The minimum absolute atomic E-state index is 0.0132. The highest BCUT2D eigenvalue weighted by molar-refractivity contribution is 7.89. The number of methoxy groups -OCH3 is 1. The second-order valence-corrected chi connectivity index (χ2v) is 9.97. The molecular formula is C23H30N2O5S. The second-order valence-electron chi connectivity index (χ2n) is 8.28. The van der Waals surface area contributed by atoms with Crippen LogP contribution in [0.15, 0.2) is 53.4 Å². The fourth-order valence-electron chi connectivity index (χ4n) is 2.70. The smallest absolute Gasteiger partial charge is 0.248 e. The van der Waals surface area contributed by atoms with Crippen LogP contribution in [-0.4, -0.2) is 33.1 Å². The first-order valence-corrected chi connectivity index (χ1v) is 11.4. The van der Waals surface area contributed by atoms with Crippen LogP contribution < -0.4 is 19.5 Å². The fourth-order valence-corrected chi connectivity index (χ4v) is 4.16. The molecule has 0 aliphatic rings. The minimum atomic E-state index is -3.70. The van der Waals surface area contributed by atoms with Crippen LogP contribution in [0.5, 0.6) is 11.5 Å². The molecule has 0 saturated heterocycles. The van der Waals surface area contributed by atoms with Gasteiger partial charge < -0.3 is 14.8 Å². The quantitative estimate of drug-likeness (QED) is 0.593. The maximum Gasteiger partial charge on any atom is 0.248 e. The maximum absolute atomic E-state index is 12.5. The average molecular weight is 447 g/mol. The summed E-state index contributed by atoms with van der Waals surface area (Å²) in [5.74, 6) is 0.807. The Morgan fingerprint density at radius 1 is 1.06 bits per heavy atom. The summed E-state index contributed by atoms with van der Waals surface area (Å²) in [6.07, 6.45) is 3.02. The number of ether oxygens (including phenoxy) is 2. The van der Waals surface area contributed by atoms with Crippen molar-refractivity contribution in [3.8, 4) is 11.5 Å². The summed E-state index contributed by atoms with van der Waals surface area (Å²) < 4.78 is 38.6. The molecule has 0 unspecified atom stereocenters. The summed E-state index contributed by atoms with van der Waals surface area (Å²) >= 11 is 0. The molecule has 8 heteroatoms. The van der Waals surface area contributed by atoms with Crippen molar-refractivity contribution < 1.29 is 22.7 Å². The monoisotopic (exact) mass is 446 g/mol. The summed E-state index contributed by atoms with van der Waals surface area (Å²) in [4.78, 5) is 12.4. The zero-order valence-corrected chi connectivity index (χ0v) is 19.5. The predicted molar refractivity (Wildman–Crippen MR) is 123 cm³/mol. The number of benzene rings is 2. The Kier molecular flexibility index (Phi) is 7.86. The van der Waals surface area contributed by atoms with Crippen LogP contribution in [0.25, 0.3) is 6.08 Å². The third-order valence-electron chi connectivity index (χ3n) is 3.83. The van der Waals surface area contributed by atoms with E-state index < -0.39 is 15.6 Å². The highest BCUT2D eigenvalue weighted by atomic mass is 32.2. The van der Waals surface area contributed by atoms with Crippen LogP contribution in [0.1, 0.15) is 40.2 Å². The third-order valence-corrected chi connectivity index (χ3v) is 5.59. The Morgan fingerprint density at radius 2 is 1.77 bits per heavy atom. The number of sulfonamides is 1. The van der Waals surface area contributed by atoms with Crippen molar-refractivity contribution in [2.24, 2.45) is 0 Å². The first-order valence-electron chi connectivity index (χ1n) is 9.87. The molecule has 0 aromatic heterocycles. The summed E-state index contributed by atoms with van der Waals surface area (Å²) in [7, 11) is -2.14. The lowest BCUT2D eigenvalue weighted by atomic mass is 10.1. The van der Waals surface area contributed by atoms with E-state index in [0.29, 0.717) is 17.2 Å². The molecule has 0 aliphatic heterocycles. The first-order chi connectivity index (χ1) is 14.4. The molecule has 0 saturated carbocycles. The number of carbonyl (C=O) groups is 1. The Balaban J connectivity index is 2.12. The van der Waals surface area contributed by atoms with Crippen molar-refractivity contribution in [1.82, 2.24) is 4.72 Å². The van der Waals surface area contributed by atoms with Gasteiger partial charge in [-0.25, -0.2) is 13.1 Å². The van der Waals surface area contributed by atoms with E-state index in [9.17, 15) is 13.2 Å². The van der Waals surface area contributed by atoms with Crippen molar-refractivity contribution in [2.75, 3.05) is 12.4 Å². The zero-order chi connectivity index (χ0) is 23.2. The van der Waals surface area contributed by atoms with E-state index >= 15 is 0 Å². The van der Waals surface area contributed by atoms with Crippen molar-refractivity contribution in [2.45, 2.75) is 51.2 Å². The van der Waals surface area contributed by atoms with E-state index in [1.165, 1.54) is 18.2 Å². The number of carbonyl (C=O) groups excluding carboxylic acids is 1. The van der Waals surface area contributed by atoms with Gasteiger partial charge in [0, 0.05) is 17.3 Å². The largest absolute Gasteiger partial charge is 0.493 e. The molecule has 0 heterocycles. The average Bonchev–Trinajstić information content (AvgIpc) is 2.65. The molecule has 0 aliphatic carbocycles. The van der Waals surface area contributed by atoms with Gasteiger partial charge in [-0.1, -0.05) is 12.1 Å². The van der Waals surface area contributed by atoms with Crippen LogP contribution in [0.3, 0.4) is 0 Å². The van der Waals surface area contributed by atoms with E-state index in [0.717, 1.165) is 5.56 Å². The Hall–Kier alpha value is -2.84. The molecule has 2 aromatic rings. The molecule has 0 fully saturated rings. The van der Waals surface area contributed by atoms with Gasteiger partial charge in [0.1, 0.15) is 0 Å². The Morgan fingerprint density at radius 3 is 2.39 bits per heavy atom. The van der Waals surface area contributed by atoms with Crippen LogP contribution >= 0.6 is 0 Å². The van der Waals surface area contributed by atoms with Gasteiger partial charge in [-0.3, -0.25) is 4.79 Å². The fraction of sp³-hybridized carbons (Fsp3) is 0.348. The van der Waals surface area contributed by atoms with E-state index in [1.807, 2.05) is 19.9 Å². The molecule has 31 heavy (non-hydrogen) atoms. The topological polar surface area (TPSA) is 93.7 Å². The minimum Gasteiger partial charge on any atom is -0.493 e. The molecule has 2 N–H and O–H groups in total. The van der Waals surface area contributed by atoms with Gasteiger partial charge in [-0.2, -0.15) is 0 Å². The van der Waals surface area contributed by atoms with Crippen LogP contribution in [0, 0.1) is 0 Å². The van der Waals surface area contributed by atoms with E-state index in [1.54, 1.807) is 58.2 Å². The molecule has 0 bridgehead atoms. The van der Waals surface area contributed by atoms with Gasteiger partial charge >= 0.3 is 0 Å². The van der Waals surface area contributed by atoms with Gasteiger partial charge in [0.15, 0.2) is 11.5 Å². The SMILES string of the molecule is COc1cc(/C=C/C(=O)Nc2cccc(S(=O)(=O)NC(C)(C)C)c2)ccc1OC(C)C. The maximum atomic E-state index is 12.5. The predicted octanol–water partition coefficient (Wildman–Crippen LogP) is 4.21. The molecule has 7 nitrogen and oxygen atoms in total. The number of nitrogens with one attached hydrogen (secondary N) is 2. The lowest BCUT2D eigenvalue weighted by Crippen LogP contribution is -2.40. The van der Waals surface area contributed by atoms with Crippen molar-refractivity contribution >= 4 is 27.7 Å². The molecule has 0 atom stereocenters. The number of anilines is 1. The van der Waals surface area contributed by atoms with Gasteiger partial charge in [0.25, 0.3) is 0 Å². The summed E-state index contributed by atoms with van der Waals surface area (Å²) in [5.41, 5.74) is 0.524. The molecule has 2 rings (SSSR count). The van der Waals surface area contributed by atoms with Crippen molar-refractivity contribution in [3.63, 3.8) is 0 Å². The van der Waals surface area contributed by atoms with Gasteiger partial charge in [-0.05, 0) is 76.6 Å². The normalized spacial score (nSPS) is 12.2. The molecule has 1 amide bonds. The van der Waals surface area contributed by atoms with Crippen LogP contribution in [-0.2, 0) is 14.8 Å². The lowest BCUT2D eigenvalue weighted by molar-refractivity contribution is -0.111. The number of amides is 1. The van der Waals surface area contributed by atoms with Gasteiger partial charge in [0.05, 0.1) is 18.1 Å². The molecule has 2 aromatic carbocycles. The lowest BCUT2D eigenvalue weighted by Gasteiger charge is -2.20. The van der Waals surface area contributed by atoms with E-state index in [-0.39, 0.29) is 16.9 Å². The number of rotatable bonds is 8. The number of hydrogen-bond acceptors (Lipinski definition) is 5. The molecule has 0 spiro atoms. The van der Waals surface area contributed by atoms with Gasteiger partial charge in [0.2, 0.25) is 15.9 Å². The first kappa shape index (κ1) is 24.4. The Labute approximate surface area is 184 Å². The third kappa shape index (κ3) is 7.73.